The molecule has 1 amide bonds. The lowest BCUT2D eigenvalue weighted by Crippen LogP contribution is -2.26. The topological polar surface area (TPSA) is 97.8 Å². The molecule has 2 heterocycles. The molecule has 2 rings (SSSR count). The Morgan fingerprint density at radius 3 is 3.00 bits per heavy atom. The second-order valence-electron chi connectivity index (χ2n) is 5.03. The summed E-state index contributed by atoms with van der Waals surface area (Å²) in [5.41, 5.74) is 0.502. The molecule has 1 aromatic rings. The minimum Gasteiger partial charge on any atom is -0.481 e. The van der Waals surface area contributed by atoms with Crippen molar-refractivity contribution in [3.63, 3.8) is 0 Å². The Hall–Kier alpha value is -1.45. The predicted molar refractivity (Wildman–Crippen MR) is 93.6 cm³/mol. The molecule has 0 aliphatic carbocycles. The van der Waals surface area contributed by atoms with Crippen LogP contribution in [0.15, 0.2) is 18.3 Å². The Bertz CT molecular complexity index is 552. The van der Waals surface area contributed by atoms with Gasteiger partial charge in [0.1, 0.15) is 6.10 Å². The van der Waals surface area contributed by atoms with E-state index in [0.717, 1.165) is 6.42 Å². The fourth-order valence-corrected chi connectivity index (χ4v) is 3.83. The zero-order chi connectivity index (χ0) is 17.2. The number of amides is 1. The van der Waals surface area contributed by atoms with Gasteiger partial charge < -0.3 is 19.9 Å². The number of rotatable bonds is 10. The molecular weight excluding hydrogens is 352 g/mol. The number of carboxylic acid groups (broad SMARTS) is 1. The van der Waals surface area contributed by atoms with Crippen LogP contribution in [0.4, 0.5) is 0 Å². The number of hydrogen-bond acceptors (Lipinski definition) is 7. The lowest BCUT2D eigenvalue weighted by atomic mass is 10.2. The summed E-state index contributed by atoms with van der Waals surface area (Å²) < 4.78 is 10.9. The van der Waals surface area contributed by atoms with E-state index in [4.69, 9.17) is 14.6 Å². The fourth-order valence-electron chi connectivity index (χ4n) is 1.95. The third-order valence-electron chi connectivity index (χ3n) is 3.13. The van der Waals surface area contributed by atoms with Gasteiger partial charge in [-0.25, -0.2) is 4.98 Å². The molecule has 1 unspecified atom stereocenters. The average Bonchev–Trinajstić information content (AvgIpc) is 3.06. The van der Waals surface area contributed by atoms with Gasteiger partial charge in [0.15, 0.2) is 0 Å². The molecule has 7 nitrogen and oxygen atoms in total. The van der Waals surface area contributed by atoms with Crippen molar-refractivity contribution in [3.05, 3.63) is 23.9 Å². The summed E-state index contributed by atoms with van der Waals surface area (Å²) in [4.78, 5) is 26.6. The number of pyridine rings is 1. The number of aliphatic carboxylic acids is 1. The van der Waals surface area contributed by atoms with Gasteiger partial charge in [-0.15, -0.1) is 0 Å². The van der Waals surface area contributed by atoms with Gasteiger partial charge in [-0.05, 0) is 6.07 Å². The van der Waals surface area contributed by atoms with Crippen LogP contribution in [0.3, 0.4) is 0 Å². The Morgan fingerprint density at radius 2 is 2.25 bits per heavy atom. The van der Waals surface area contributed by atoms with Crippen LogP contribution in [0.5, 0.6) is 5.88 Å². The summed E-state index contributed by atoms with van der Waals surface area (Å²) >= 11 is 0. The van der Waals surface area contributed by atoms with Gasteiger partial charge in [-0.2, -0.15) is 0 Å². The van der Waals surface area contributed by atoms with Crippen LogP contribution in [-0.4, -0.2) is 59.3 Å². The van der Waals surface area contributed by atoms with Crippen molar-refractivity contribution in [2.24, 2.45) is 0 Å². The third-order valence-corrected chi connectivity index (χ3v) is 5.53. The number of carbonyl (C=O) groups excluding carboxylic acids is 1. The number of nitrogens with one attached hydrogen (secondary N) is 1. The minimum absolute atomic E-state index is 0.00459. The van der Waals surface area contributed by atoms with Crippen LogP contribution < -0.4 is 10.1 Å². The van der Waals surface area contributed by atoms with Crippen LogP contribution in [0.25, 0.3) is 0 Å². The van der Waals surface area contributed by atoms with Crippen molar-refractivity contribution in [1.29, 1.82) is 0 Å². The van der Waals surface area contributed by atoms with Gasteiger partial charge >= 0.3 is 5.97 Å². The summed E-state index contributed by atoms with van der Waals surface area (Å²) in [5, 5.41) is 11.3. The molecule has 1 saturated heterocycles. The van der Waals surface area contributed by atoms with Crippen molar-refractivity contribution in [2.75, 3.05) is 31.3 Å². The molecule has 0 aromatic carbocycles. The van der Waals surface area contributed by atoms with E-state index in [9.17, 15) is 9.59 Å². The van der Waals surface area contributed by atoms with E-state index in [1.807, 2.05) is 0 Å². The molecule has 1 aliphatic rings. The molecule has 132 valence electrons. The Balaban J connectivity index is 1.67. The predicted octanol–water partition coefficient (Wildman–Crippen LogP) is 1.84. The summed E-state index contributed by atoms with van der Waals surface area (Å²) in [7, 11) is 3.04. The fraction of sp³-hybridized carbons (Fsp3) is 0.533. The molecule has 1 aromatic heterocycles. The van der Waals surface area contributed by atoms with E-state index in [1.165, 1.54) is 10.8 Å². The highest BCUT2D eigenvalue weighted by atomic mass is 33.1. The molecule has 0 spiro atoms. The first-order valence-electron chi connectivity index (χ1n) is 7.60. The zero-order valence-electron chi connectivity index (χ0n) is 13.1. The Morgan fingerprint density at radius 1 is 1.42 bits per heavy atom. The Labute approximate surface area is 148 Å². The first-order valence-corrected chi connectivity index (χ1v) is 10.1. The molecule has 1 fully saturated rings. The summed E-state index contributed by atoms with van der Waals surface area (Å²) in [6.45, 7) is 1.75. The number of carboxylic acids is 1. The second kappa shape index (κ2) is 10.4. The zero-order valence-corrected chi connectivity index (χ0v) is 14.7. The highest BCUT2D eigenvalue weighted by molar-refractivity contribution is 8.76. The molecule has 1 aliphatic heterocycles. The lowest BCUT2D eigenvalue weighted by Gasteiger charge is -2.11. The monoisotopic (exact) mass is 372 g/mol. The Kier molecular flexibility index (Phi) is 8.20. The van der Waals surface area contributed by atoms with Crippen LogP contribution in [0, 0.1) is 0 Å². The van der Waals surface area contributed by atoms with Gasteiger partial charge in [0.25, 0.3) is 5.91 Å². The lowest BCUT2D eigenvalue weighted by molar-refractivity contribution is -0.136. The molecule has 0 radical (unpaired) electrons. The average molecular weight is 372 g/mol. The van der Waals surface area contributed by atoms with Crippen molar-refractivity contribution in [3.8, 4) is 5.88 Å². The summed E-state index contributed by atoms with van der Waals surface area (Å²) in [6, 6.07) is 3.27. The van der Waals surface area contributed by atoms with Gasteiger partial charge in [0.2, 0.25) is 5.88 Å². The largest absolute Gasteiger partial charge is 0.481 e. The van der Waals surface area contributed by atoms with E-state index < -0.39 is 5.97 Å². The molecular formula is C15H20N2O5S2. The first kappa shape index (κ1) is 18.9. The highest BCUT2D eigenvalue weighted by Crippen LogP contribution is 2.21. The van der Waals surface area contributed by atoms with Crippen LogP contribution in [-0.2, 0) is 9.53 Å². The van der Waals surface area contributed by atoms with E-state index in [-0.39, 0.29) is 18.4 Å². The number of ether oxygens (including phenoxy) is 2. The highest BCUT2D eigenvalue weighted by Gasteiger charge is 2.18. The number of nitrogens with zero attached hydrogens (tertiary/aromatic N) is 1. The van der Waals surface area contributed by atoms with Crippen LogP contribution in [0.2, 0.25) is 0 Å². The molecule has 2 N–H and O–H groups in total. The molecule has 9 heteroatoms. The van der Waals surface area contributed by atoms with Gasteiger partial charge in [-0.1, -0.05) is 21.6 Å². The van der Waals surface area contributed by atoms with Gasteiger partial charge in [0.05, 0.1) is 19.6 Å². The van der Waals surface area contributed by atoms with Crippen molar-refractivity contribution < 1.29 is 24.2 Å². The summed E-state index contributed by atoms with van der Waals surface area (Å²) in [5.74, 6) is 0.724. The molecule has 1 atom stereocenters. The van der Waals surface area contributed by atoms with Crippen LogP contribution in [0.1, 0.15) is 23.2 Å². The van der Waals surface area contributed by atoms with Gasteiger partial charge in [-0.3, -0.25) is 9.59 Å². The first-order chi connectivity index (χ1) is 11.6. The second-order valence-corrected chi connectivity index (χ2v) is 7.73. The molecule has 24 heavy (non-hydrogen) atoms. The maximum Gasteiger partial charge on any atom is 0.304 e. The summed E-state index contributed by atoms with van der Waals surface area (Å²) in [6.07, 6.45) is 2.52. The van der Waals surface area contributed by atoms with Crippen molar-refractivity contribution in [1.82, 2.24) is 10.3 Å². The van der Waals surface area contributed by atoms with Crippen molar-refractivity contribution in [2.45, 2.75) is 18.9 Å². The third kappa shape index (κ3) is 6.98. The van der Waals surface area contributed by atoms with E-state index in [0.29, 0.717) is 42.7 Å². The maximum atomic E-state index is 12.1. The quantitative estimate of drug-likeness (QED) is 0.474. The minimum atomic E-state index is -0.795. The van der Waals surface area contributed by atoms with Crippen LogP contribution >= 0.6 is 21.6 Å². The SMILES string of the molecule is O=C(O)CCSSCCNC(=O)c1ccnc(OC2CCOC2)c1. The molecule has 0 bridgehead atoms. The van der Waals surface area contributed by atoms with E-state index in [1.54, 1.807) is 29.1 Å². The number of aromatic nitrogens is 1. The van der Waals surface area contributed by atoms with E-state index in [2.05, 4.69) is 10.3 Å². The van der Waals surface area contributed by atoms with E-state index >= 15 is 0 Å². The smallest absolute Gasteiger partial charge is 0.304 e. The standard InChI is InChI=1S/C15H20N2O5S2/c18-14(19)3-7-23-24-8-5-17-15(20)11-1-4-16-13(9-11)22-12-2-6-21-10-12/h1,4,9,12H,2-3,5-8,10H2,(H,17,20)(H,18,19). The number of hydrogen-bond donors (Lipinski definition) is 2. The number of carbonyl (C=O) groups is 2. The van der Waals surface area contributed by atoms with Gasteiger partial charge in [0, 0.05) is 42.3 Å². The molecule has 0 saturated carbocycles. The van der Waals surface area contributed by atoms with Crippen molar-refractivity contribution >= 4 is 33.5 Å². The normalized spacial score (nSPS) is 16.8. The maximum absolute atomic E-state index is 12.1.